The molecule has 0 amide bonds. The highest BCUT2D eigenvalue weighted by Gasteiger charge is 2.24. The van der Waals surface area contributed by atoms with Gasteiger partial charge in [0.15, 0.2) is 5.70 Å². The van der Waals surface area contributed by atoms with E-state index in [0.29, 0.717) is 6.61 Å². The van der Waals surface area contributed by atoms with Gasteiger partial charge in [0.05, 0.1) is 13.7 Å². The molecule has 24 heavy (non-hydrogen) atoms. The molecule has 1 heterocycles. The maximum atomic E-state index is 12.0. The molecule has 2 aromatic carbocycles. The number of esters is 1. The standard InChI is InChI=1S/C19H17NO4/c1-3-23-16-6-4-5-13(11-16)12-17-19(21)24-18(20-17)14-7-9-15(22-2)10-8-14/h4-12H,3H2,1-2H3/b17-12+. The topological polar surface area (TPSA) is 57.1 Å². The summed E-state index contributed by atoms with van der Waals surface area (Å²) in [6.45, 7) is 2.51. The maximum Gasteiger partial charge on any atom is 0.363 e. The summed E-state index contributed by atoms with van der Waals surface area (Å²) < 4.78 is 15.8. The first-order chi connectivity index (χ1) is 11.7. The van der Waals surface area contributed by atoms with Crippen molar-refractivity contribution in [3.8, 4) is 11.5 Å². The molecule has 0 saturated carbocycles. The second-order valence-electron chi connectivity index (χ2n) is 5.07. The van der Waals surface area contributed by atoms with Gasteiger partial charge in [-0.25, -0.2) is 9.79 Å². The van der Waals surface area contributed by atoms with Crippen LogP contribution in [0.1, 0.15) is 18.1 Å². The van der Waals surface area contributed by atoms with Crippen LogP contribution in [0.5, 0.6) is 11.5 Å². The molecule has 0 fully saturated rings. The average molecular weight is 323 g/mol. The summed E-state index contributed by atoms with van der Waals surface area (Å²) in [7, 11) is 1.60. The van der Waals surface area contributed by atoms with Crippen molar-refractivity contribution in [3.05, 3.63) is 65.4 Å². The van der Waals surface area contributed by atoms with E-state index in [1.165, 1.54) is 0 Å². The Morgan fingerprint density at radius 2 is 1.92 bits per heavy atom. The molecule has 2 aromatic rings. The third-order valence-electron chi connectivity index (χ3n) is 3.43. The van der Waals surface area contributed by atoms with Gasteiger partial charge in [0.1, 0.15) is 11.5 Å². The molecule has 0 bridgehead atoms. The molecule has 0 aliphatic carbocycles. The van der Waals surface area contributed by atoms with Gasteiger partial charge in [0.2, 0.25) is 5.90 Å². The normalized spacial score (nSPS) is 15.2. The van der Waals surface area contributed by atoms with E-state index in [1.54, 1.807) is 37.5 Å². The van der Waals surface area contributed by atoms with Crippen molar-refractivity contribution < 1.29 is 19.0 Å². The fourth-order valence-electron chi connectivity index (χ4n) is 2.28. The van der Waals surface area contributed by atoms with E-state index in [9.17, 15) is 4.79 Å². The van der Waals surface area contributed by atoms with Gasteiger partial charge in [0.25, 0.3) is 0 Å². The highest BCUT2D eigenvalue weighted by Crippen LogP contribution is 2.22. The van der Waals surface area contributed by atoms with Gasteiger partial charge in [-0.05, 0) is 55.0 Å². The molecule has 0 atom stereocenters. The molecule has 0 N–H and O–H groups in total. The first kappa shape index (κ1) is 15.8. The highest BCUT2D eigenvalue weighted by atomic mass is 16.6. The third-order valence-corrected chi connectivity index (χ3v) is 3.43. The minimum absolute atomic E-state index is 0.259. The molecule has 1 aliphatic rings. The Bertz CT molecular complexity index is 806. The van der Waals surface area contributed by atoms with E-state index in [0.717, 1.165) is 22.6 Å². The number of carbonyl (C=O) groups excluding carboxylic acids is 1. The number of cyclic esters (lactones) is 1. The third kappa shape index (κ3) is 3.46. The van der Waals surface area contributed by atoms with Crippen LogP contribution in [0.4, 0.5) is 0 Å². The fourth-order valence-corrected chi connectivity index (χ4v) is 2.28. The lowest BCUT2D eigenvalue weighted by atomic mass is 10.2. The number of ether oxygens (including phenoxy) is 3. The summed E-state index contributed by atoms with van der Waals surface area (Å²) >= 11 is 0. The molecule has 1 aliphatic heterocycles. The Hall–Kier alpha value is -3.08. The van der Waals surface area contributed by atoms with Crippen molar-refractivity contribution in [3.63, 3.8) is 0 Å². The Morgan fingerprint density at radius 1 is 1.12 bits per heavy atom. The molecular formula is C19H17NO4. The van der Waals surface area contributed by atoms with Crippen molar-refractivity contribution in [1.29, 1.82) is 0 Å². The summed E-state index contributed by atoms with van der Waals surface area (Å²) in [6.07, 6.45) is 1.68. The van der Waals surface area contributed by atoms with Crippen LogP contribution in [0.15, 0.2) is 59.2 Å². The highest BCUT2D eigenvalue weighted by molar-refractivity contribution is 6.12. The minimum atomic E-state index is -0.470. The predicted octanol–water partition coefficient (Wildman–Crippen LogP) is 3.44. The molecule has 0 saturated heterocycles. The van der Waals surface area contributed by atoms with Crippen LogP contribution < -0.4 is 9.47 Å². The largest absolute Gasteiger partial charge is 0.497 e. The Kier molecular flexibility index (Phi) is 4.61. The van der Waals surface area contributed by atoms with Crippen LogP contribution in [0.25, 0.3) is 6.08 Å². The van der Waals surface area contributed by atoms with Gasteiger partial charge in [-0.2, -0.15) is 0 Å². The van der Waals surface area contributed by atoms with Crippen LogP contribution in [-0.2, 0) is 9.53 Å². The van der Waals surface area contributed by atoms with Crippen molar-refractivity contribution in [1.82, 2.24) is 0 Å². The summed E-state index contributed by atoms with van der Waals surface area (Å²) in [6, 6.07) is 14.6. The number of hydrogen-bond acceptors (Lipinski definition) is 5. The number of benzene rings is 2. The molecule has 0 spiro atoms. The number of nitrogens with zero attached hydrogens (tertiary/aromatic N) is 1. The Labute approximate surface area is 140 Å². The fraction of sp³-hybridized carbons (Fsp3) is 0.158. The Morgan fingerprint density at radius 3 is 2.62 bits per heavy atom. The average Bonchev–Trinajstić information content (AvgIpc) is 2.96. The van der Waals surface area contributed by atoms with E-state index in [1.807, 2.05) is 31.2 Å². The van der Waals surface area contributed by atoms with E-state index < -0.39 is 5.97 Å². The number of aliphatic imine (C=N–C) groups is 1. The zero-order valence-electron chi connectivity index (χ0n) is 13.5. The van der Waals surface area contributed by atoms with E-state index in [4.69, 9.17) is 14.2 Å². The molecule has 0 unspecified atom stereocenters. The smallest absolute Gasteiger partial charge is 0.363 e. The second kappa shape index (κ2) is 7.00. The summed E-state index contributed by atoms with van der Waals surface area (Å²) in [4.78, 5) is 16.3. The first-order valence-corrected chi connectivity index (χ1v) is 7.59. The number of hydrogen-bond donors (Lipinski definition) is 0. The lowest BCUT2D eigenvalue weighted by Crippen LogP contribution is -2.05. The van der Waals surface area contributed by atoms with Gasteiger partial charge in [-0.3, -0.25) is 0 Å². The monoisotopic (exact) mass is 323 g/mol. The van der Waals surface area contributed by atoms with E-state index in [2.05, 4.69) is 4.99 Å². The zero-order chi connectivity index (χ0) is 16.9. The molecule has 3 rings (SSSR count). The molecular weight excluding hydrogens is 306 g/mol. The van der Waals surface area contributed by atoms with Gasteiger partial charge in [-0.15, -0.1) is 0 Å². The molecule has 5 heteroatoms. The lowest BCUT2D eigenvalue weighted by molar-refractivity contribution is -0.129. The maximum absolute atomic E-state index is 12.0. The SMILES string of the molecule is CCOc1cccc(/C=C2/N=C(c3ccc(OC)cc3)OC2=O)c1. The van der Waals surface area contributed by atoms with E-state index in [-0.39, 0.29) is 11.6 Å². The quantitative estimate of drug-likeness (QED) is 0.625. The minimum Gasteiger partial charge on any atom is -0.497 e. The zero-order valence-corrected chi connectivity index (χ0v) is 13.5. The van der Waals surface area contributed by atoms with Crippen molar-refractivity contribution in [2.45, 2.75) is 6.92 Å². The van der Waals surface area contributed by atoms with Gasteiger partial charge >= 0.3 is 5.97 Å². The van der Waals surface area contributed by atoms with E-state index >= 15 is 0 Å². The van der Waals surface area contributed by atoms with Crippen LogP contribution in [0.3, 0.4) is 0 Å². The number of rotatable bonds is 5. The summed E-state index contributed by atoms with van der Waals surface area (Å²) in [5.41, 5.74) is 1.80. The lowest BCUT2D eigenvalue weighted by Gasteiger charge is -2.03. The van der Waals surface area contributed by atoms with Crippen LogP contribution in [-0.4, -0.2) is 25.6 Å². The summed E-state index contributed by atoms with van der Waals surface area (Å²) in [5, 5.41) is 0. The first-order valence-electron chi connectivity index (χ1n) is 7.59. The molecule has 0 radical (unpaired) electrons. The predicted molar refractivity (Wildman–Crippen MR) is 91.2 cm³/mol. The Balaban J connectivity index is 1.86. The second-order valence-corrected chi connectivity index (χ2v) is 5.07. The van der Waals surface area contributed by atoms with Crippen molar-refractivity contribution in [2.75, 3.05) is 13.7 Å². The van der Waals surface area contributed by atoms with Crippen molar-refractivity contribution in [2.24, 2.45) is 4.99 Å². The molecule has 0 aromatic heterocycles. The van der Waals surface area contributed by atoms with Crippen LogP contribution in [0, 0.1) is 0 Å². The number of carbonyl (C=O) groups is 1. The van der Waals surface area contributed by atoms with Gasteiger partial charge in [-0.1, -0.05) is 12.1 Å². The summed E-state index contributed by atoms with van der Waals surface area (Å²) in [5.74, 6) is 1.29. The molecule has 122 valence electrons. The van der Waals surface area contributed by atoms with Gasteiger partial charge < -0.3 is 14.2 Å². The van der Waals surface area contributed by atoms with Crippen molar-refractivity contribution >= 4 is 17.9 Å². The van der Waals surface area contributed by atoms with Crippen LogP contribution >= 0.6 is 0 Å². The van der Waals surface area contributed by atoms with Gasteiger partial charge in [0, 0.05) is 5.56 Å². The van der Waals surface area contributed by atoms with Crippen LogP contribution in [0.2, 0.25) is 0 Å². The number of methoxy groups -OCH3 is 1. The molecule has 5 nitrogen and oxygen atoms in total.